The Balaban J connectivity index is 1.56. The lowest BCUT2D eigenvalue weighted by Crippen LogP contribution is -2.40. The number of rotatable bonds is 9. The fourth-order valence-electron chi connectivity index (χ4n) is 5.57. The fraction of sp³-hybridized carbons (Fsp3) is 0.343. The van der Waals surface area contributed by atoms with Crippen LogP contribution in [0.3, 0.4) is 0 Å². The molecule has 42 heavy (non-hydrogen) atoms. The molecule has 1 aliphatic carbocycles. The molecule has 7 heteroatoms. The second-order valence-electron chi connectivity index (χ2n) is 11.5. The minimum absolute atomic E-state index is 0.163. The molecule has 0 unspecified atom stereocenters. The van der Waals surface area contributed by atoms with Gasteiger partial charge in [-0.3, -0.25) is 4.79 Å². The molecule has 3 aromatic carbocycles. The van der Waals surface area contributed by atoms with E-state index in [1.54, 1.807) is 19.9 Å². The van der Waals surface area contributed by atoms with Crippen molar-refractivity contribution in [1.82, 2.24) is 0 Å². The first-order chi connectivity index (χ1) is 20.1. The van der Waals surface area contributed by atoms with Crippen LogP contribution < -0.4 is 10.2 Å². The number of amides is 1. The van der Waals surface area contributed by atoms with Crippen LogP contribution in [0.25, 0.3) is 17.2 Å². The van der Waals surface area contributed by atoms with Crippen LogP contribution >= 0.6 is 0 Å². The Bertz CT molecular complexity index is 1500. The molecule has 0 bridgehead atoms. The summed E-state index contributed by atoms with van der Waals surface area (Å²) in [4.78, 5) is 27.8. The molecule has 0 spiro atoms. The smallest absolute Gasteiger partial charge is 0.331 e. The predicted octanol–water partition coefficient (Wildman–Crippen LogP) is 7.53. The van der Waals surface area contributed by atoms with Gasteiger partial charge in [0.15, 0.2) is 0 Å². The molecule has 1 amide bonds. The van der Waals surface area contributed by atoms with E-state index >= 15 is 0 Å². The molecule has 0 saturated heterocycles. The van der Waals surface area contributed by atoms with E-state index in [-0.39, 0.29) is 12.0 Å². The minimum Gasteiger partial charge on any atom is -0.460 e. The lowest BCUT2D eigenvalue weighted by molar-refractivity contribution is -0.141. The molecule has 0 aliphatic heterocycles. The third-order valence-electron chi connectivity index (χ3n) is 7.68. The number of nitrogens with one attached hydrogen (secondary N) is 1. The van der Waals surface area contributed by atoms with Crippen LogP contribution in [0.1, 0.15) is 62.6 Å². The van der Waals surface area contributed by atoms with Gasteiger partial charge in [0.05, 0.1) is 23.2 Å². The van der Waals surface area contributed by atoms with Crippen LogP contribution in [0.2, 0.25) is 0 Å². The summed E-state index contributed by atoms with van der Waals surface area (Å²) in [6.07, 6.45) is 7.25. The number of hydrogen-bond donors (Lipinski definition) is 1. The number of nitrogens with zero attached hydrogens (tertiary/aromatic N) is 2. The van der Waals surface area contributed by atoms with Crippen molar-refractivity contribution >= 4 is 29.3 Å². The third kappa shape index (κ3) is 7.64. The molecular weight excluding hydrogens is 529 g/mol. The van der Waals surface area contributed by atoms with Gasteiger partial charge in [0.2, 0.25) is 5.91 Å². The van der Waals surface area contributed by atoms with Gasteiger partial charge in [0.25, 0.3) is 0 Å². The first kappa shape index (κ1) is 30.5. The number of halogens is 1. The topological polar surface area (TPSA) is 82.4 Å². The maximum atomic E-state index is 14.5. The summed E-state index contributed by atoms with van der Waals surface area (Å²) in [5, 5.41) is 12.9. The summed E-state index contributed by atoms with van der Waals surface area (Å²) in [5.74, 6) is -1.20. The minimum atomic E-state index is -0.677. The van der Waals surface area contributed by atoms with Crippen molar-refractivity contribution in [3.05, 3.63) is 89.2 Å². The fourth-order valence-corrected chi connectivity index (χ4v) is 5.57. The van der Waals surface area contributed by atoms with E-state index in [0.717, 1.165) is 41.6 Å². The summed E-state index contributed by atoms with van der Waals surface area (Å²) in [6.45, 7) is 3.50. The first-order valence-electron chi connectivity index (χ1n) is 14.4. The van der Waals surface area contributed by atoms with Gasteiger partial charge in [-0.15, -0.1) is 0 Å². The molecule has 1 N–H and O–H groups in total. The number of ether oxygens (including phenoxy) is 1. The second-order valence-corrected chi connectivity index (χ2v) is 11.5. The van der Waals surface area contributed by atoms with Gasteiger partial charge in [-0.25, -0.2) is 9.18 Å². The zero-order chi connectivity index (χ0) is 30.3. The number of benzene rings is 3. The molecule has 4 rings (SSSR count). The van der Waals surface area contributed by atoms with Crippen molar-refractivity contribution in [2.75, 3.05) is 24.3 Å². The monoisotopic (exact) mass is 567 g/mol. The van der Waals surface area contributed by atoms with Crippen LogP contribution in [0.15, 0.2) is 66.7 Å². The number of hydrogen-bond acceptors (Lipinski definition) is 5. The van der Waals surface area contributed by atoms with Crippen molar-refractivity contribution in [2.24, 2.45) is 5.41 Å². The SMILES string of the molecule is CC(C)OC(=O)/C=C/c1cc(F)cc(NC(=O)C2(Cc3ccc(-c4ccc(N(C)C)cc4)c(C#N)c3)CCCCC2)c1. The predicted molar refractivity (Wildman–Crippen MR) is 165 cm³/mol. The largest absolute Gasteiger partial charge is 0.460 e. The lowest BCUT2D eigenvalue weighted by atomic mass is 9.69. The molecule has 6 nitrogen and oxygen atoms in total. The highest BCUT2D eigenvalue weighted by Gasteiger charge is 2.39. The van der Waals surface area contributed by atoms with E-state index in [1.807, 2.05) is 61.5 Å². The van der Waals surface area contributed by atoms with Crippen molar-refractivity contribution in [1.29, 1.82) is 5.26 Å². The summed E-state index contributed by atoms with van der Waals surface area (Å²) in [5.41, 5.74) is 4.47. The van der Waals surface area contributed by atoms with Crippen LogP contribution in [0.5, 0.6) is 0 Å². The summed E-state index contributed by atoms with van der Waals surface area (Å²) < 4.78 is 19.6. The molecule has 1 aliphatic rings. The summed E-state index contributed by atoms with van der Waals surface area (Å²) in [6, 6.07) is 20.5. The lowest BCUT2D eigenvalue weighted by Gasteiger charge is -2.36. The average molecular weight is 568 g/mol. The number of nitriles is 1. The van der Waals surface area contributed by atoms with Gasteiger partial charge < -0.3 is 15.0 Å². The quantitative estimate of drug-likeness (QED) is 0.214. The Morgan fingerprint density at radius 1 is 1.05 bits per heavy atom. The highest BCUT2D eigenvalue weighted by Crippen LogP contribution is 2.41. The Morgan fingerprint density at radius 2 is 1.76 bits per heavy atom. The zero-order valence-electron chi connectivity index (χ0n) is 24.7. The molecule has 0 aromatic heterocycles. The Kier molecular flexibility index (Phi) is 9.80. The molecule has 0 heterocycles. The first-order valence-corrected chi connectivity index (χ1v) is 14.4. The Hall–Kier alpha value is -4.44. The standard InChI is InChI=1S/C35H38FN3O3/c1-24(2)42-33(40)15-9-25-19-29(36)21-30(20-25)38-34(41)35(16-6-5-7-17-35)22-26-8-14-32(28(18-26)23-37)27-10-12-31(13-11-27)39(3)4/h8-15,18-21,24H,5-7,16-17,22H2,1-4H3,(H,38,41)/b15-9+. The van der Waals surface area contributed by atoms with Crippen molar-refractivity contribution in [2.45, 2.75) is 58.5 Å². The van der Waals surface area contributed by atoms with E-state index < -0.39 is 17.2 Å². The molecule has 3 aromatic rings. The number of esters is 1. The van der Waals surface area contributed by atoms with Gasteiger partial charge >= 0.3 is 5.97 Å². The van der Waals surface area contributed by atoms with Crippen molar-refractivity contribution < 1.29 is 18.7 Å². The second kappa shape index (κ2) is 13.5. The normalized spacial score (nSPS) is 14.4. The van der Waals surface area contributed by atoms with Gasteiger partial charge in [0.1, 0.15) is 5.82 Å². The summed E-state index contributed by atoms with van der Waals surface area (Å²) >= 11 is 0. The van der Waals surface area contributed by atoms with Crippen LogP contribution in [0, 0.1) is 22.6 Å². The van der Waals surface area contributed by atoms with E-state index in [0.29, 0.717) is 36.1 Å². The number of carbonyl (C=O) groups excluding carboxylic acids is 2. The average Bonchev–Trinajstić information content (AvgIpc) is 2.96. The van der Waals surface area contributed by atoms with E-state index in [2.05, 4.69) is 11.4 Å². The Morgan fingerprint density at radius 3 is 2.40 bits per heavy atom. The van der Waals surface area contributed by atoms with Gasteiger partial charge in [-0.2, -0.15) is 5.26 Å². The maximum Gasteiger partial charge on any atom is 0.331 e. The van der Waals surface area contributed by atoms with E-state index in [9.17, 15) is 19.2 Å². The molecular formula is C35H38FN3O3. The molecule has 218 valence electrons. The highest BCUT2D eigenvalue weighted by atomic mass is 19.1. The van der Waals surface area contributed by atoms with Gasteiger partial charge in [0, 0.05) is 31.5 Å². The third-order valence-corrected chi connectivity index (χ3v) is 7.68. The van der Waals surface area contributed by atoms with Crippen LogP contribution in [0.4, 0.5) is 15.8 Å². The van der Waals surface area contributed by atoms with E-state index in [1.165, 1.54) is 24.3 Å². The number of carbonyl (C=O) groups is 2. The molecule has 1 fully saturated rings. The van der Waals surface area contributed by atoms with Crippen LogP contribution in [-0.2, 0) is 20.7 Å². The van der Waals surface area contributed by atoms with Crippen molar-refractivity contribution in [3.63, 3.8) is 0 Å². The van der Waals surface area contributed by atoms with Crippen molar-refractivity contribution in [3.8, 4) is 17.2 Å². The van der Waals surface area contributed by atoms with Gasteiger partial charge in [-0.05, 0) is 97.8 Å². The molecule has 0 radical (unpaired) electrons. The molecule has 0 atom stereocenters. The summed E-state index contributed by atoms with van der Waals surface area (Å²) in [7, 11) is 3.97. The zero-order valence-corrected chi connectivity index (χ0v) is 24.7. The van der Waals surface area contributed by atoms with E-state index in [4.69, 9.17) is 4.74 Å². The van der Waals surface area contributed by atoms with Crippen LogP contribution in [-0.4, -0.2) is 32.1 Å². The maximum absolute atomic E-state index is 14.5. The highest BCUT2D eigenvalue weighted by molar-refractivity contribution is 5.96. The molecule has 1 saturated carbocycles. The van der Waals surface area contributed by atoms with Gasteiger partial charge in [-0.1, -0.05) is 43.5 Å². The number of anilines is 2. The Labute approximate surface area is 247 Å².